The number of hydrogen-bond acceptors (Lipinski definition) is 3. The van der Waals surface area contributed by atoms with E-state index in [0.29, 0.717) is 25.1 Å². The Kier molecular flexibility index (Phi) is 3.94. The van der Waals surface area contributed by atoms with Crippen LogP contribution in [0.5, 0.6) is 0 Å². The molecule has 5 nitrogen and oxygen atoms in total. The van der Waals surface area contributed by atoms with E-state index in [1.165, 1.54) is 0 Å². The van der Waals surface area contributed by atoms with Gasteiger partial charge in [0.15, 0.2) is 0 Å². The molecular weight excluding hydrogens is 230 g/mol. The Hall–Kier alpha value is -1.88. The number of carbonyl (C=O) groups is 2. The molecule has 4 N–H and O–H groups in total. The molecule has 0 aliphatic carbocycles. The average Bonchev–Trinajstić information content (AvgIpc) is 2.55. The van der Waals surface area contributed by atoms with Crippen molar-refractivity contribution in [3.8, 4) is 0 Å². The standard InChI is InChI=1S/C13H17N3O2/c14-6-7-15-13(18)10-4-5-11-9(8-10)2-1-3-12(17)16-11/h4-5,8H,1-3,6-7,14H2,(H,15,18)(H,16,17). The number of nitrogens with two attached hydrogens (primary N) is 1. The predicted octanol–water partition coefficient (Wildman–Crippen LogP) is 0.650. The molecular formula is C13H17N3O2. The van der Waals surface area contributed by atoms with Gasteiger partial charge < -0.3 is 16.4 Å². The first-order chi connectivity index (χ1) is 8.70. The summed E-state index contributed by atoms with van der Waals surface area (Å²) in [5.41, 5.74) is 7.78. The monoisotopic (exact) mass is 247 g/mol. The first-order valence-electron chi connectivity index (χ1n) is 6.12. The Labute approximate surface area is 106 Å². The molecule has 1 aliphatic rings. The lowest BCUT2D eigenvalue weighted by molar-refractivity contribution is -0.116. The van der Waals surface area contributed by atoms with Crippen molar-refractivity contribution in [3.05, 3.63) is 29.3 Å². The summed E-state index contributed by atoms with van der Waals surface area (Å²) >= 11 is 0. The summed E-state index contributed by atoms with van der Waals surface area (Å²) in [5, 5.41) is 5.57. The lowest BCUT2D eigenvalue weighted by Gasteiger charge is -2.09. The molecule has 0 bridgehead atoms. The highest BCUT2D eigenvalue weighted by atomic mass is 16.2. The summed E-state index contributed by atoms with van der Waals surface area (Å²) in [6.45, 7) is 0.888. The van der Waals surface area contributed by atoms with Gasteiger partial charge in [0.05, 0.1) is 0 Å². The summed E-state index contributed by atoms with van der Waals surface area (Å²) in [5.74, 6) is -0.0899. The van der Waals surface area contributed by atoms with Crippen LogP contribution in [-0.2, 0) is 11.2 Å². The van der Waals surface area contributed by atoms with Crippen LogP contribution in [0.1, 0.15) is 28.8 Å². The number of nitrogens with one attached hydrogen (secondary N) is 2. The number of anilines is 1. The Bertz CT molecular complexity index is 471. The highest BCUT2D eigenvalue weighted by Gasteiger charge is 2.14. The van der Waals surface area contributed by atoms with Gasteiger partial charge in [-0.2, -0.15) is 0 Å². The van der Waals surface area contributed by atoms with Gasteiger partial charge in [-0.15, -0.1) is 0 Å². The number of carbonyl (C=O) groups excluding carboxylic acids is 2. The van der Waals surface area contributed by atoms with Crippen molar-refractivity contribution in [1.29, 1.82) is 0 Å². The summed E-state index contributed by atoms with van der Waals surface area (Å²) in [6.07, 6.45) is 2.15. The summed E-state index contributed by atoms with van der Waals surface area (Å²) in [4.78, 5) is 23.2. The summed E-state index contributed by atoms with van der Waals surface area (Å²) < 4.78 is 0. The molecule has 18 heavy (non-hydrogen) atoms. The minimum Gasteiger partial charge on any atom is -0.351 e. The molecule has 0 atom stereocenters. The molecule has 1 aliphatic heterocycles. The zero-order chi connectivity index (χ0) is 13.0. The minimum absolute atomic E-state index is 0.0362. The molecule has 1 aromatic rings. The normalized spacial score (nSPS) is 14.4. The molecule has 2 amide bonds. The molecule has 1 heterocycles. The maximum atomic E-state index is 11.8. The second-order valence-electron chi connectivity index (χ2n) is 4.32. The largest absolute Gasteiger partial charge is 0.351 e. The van der Waals surface area contributed by atoms with Crippen LogP contribution in [0.2, 0.25) is 0 Å². The molecule has 0 aromatic heterocycles. The van der Waals surface area contributed by atoms with E-state index in [1.807, 2.05) is 6.07 Å². The highest BCUT2D eigenvalue weighted by Crippen LogP contribution is 2.23. The van der Waals surface area contributed by atoms with Crippen molar-refractivity contribution in [1.82, 2.24) is 5.32 Å². The topological polar surface area (TPSA) is 84.2 Å². The fourth-order valence-electron chi connectivity index (χ4n) is 2.00. The first kappa shape index (κ1) is 12.6. The van der Waals surface area contributed by atoms with E-state index in [0.717, 1.165) is 24.1 Å². The average molecular weight is 247 g/mol. The van der Waals surface area contributed by atoms with E-state index in [1.54, 1.807) is 12.1 Å². The van der Waals surface area contributed by atoms with E-state index in [4.69, 9.17) is 5.73 Å². The van der Waals surface area contributed by atoms with Gasteiger partial charge in [0, 0.05) is 30.8 Å². The Morgan fingerprint density at radius 1 is 1.39 bits per heavy atom. The van der Waals surface area contributed by atoms with Gasteiger partial charge in [-0.05, 0) is 36.6 Å². The second kappa shape index (κ2) is 5.64. The van der Waals surface area contributed by atoms with Gasteiger partial charge >= 0.3 is 0 Å². The van der Waals surface area contributed by atoms with Gasteiger partial charge in [-0.1, -0.05) is 0 Å². The van der Waals surface area contributed by atoms with Crippen LogP contribution in [-0.4, -0.2) is 24.9 Å². The third-order valence-electron chi connectivity index (χ3n) is 2.92. The first-order valence-corrected chi connectivity index (χ1v) is 6.12. The molecule has 0 saturated heterocycles. The molecule has 2 rings (SSSR count). The van der Waals surface area contributed by atoms with E-state index in [-0.39, 0.29) is 11.8 Å². The van der Waals surface area contributed by atoms with Crippen molar-refractivity contribution in [2.75, 3.05) is 18.4 Å². The molecule has 5 heteroatoms. The van der Waals surface area contributed by atoms with Crippen molar-refractivity contribution in [2.45, 2.75) is 19.3 Å². The van der Waals surface area contributed by atoms with Gasteiger partial charge in [-0.25, -0.2) is 0 Å². The van der Waals surface area contributed by atoms with E-state index >= 15 is 0 Å². The van der Waals surface area contributed by atoms with Crippen LogP contribution >= 0.6 is 0 Å². The SMILES string of the molecule is NCCNC(=O)c1ccc2c(c1)CCCC(=O)N2. The third-order valence-corrected chi connectivity index (χ3v) is 2.92. The summed E-state index contributed by atoms with van der Waals surface area (Å²) in [7, 11) is 0. The molecule has 1 aromatic carbocycles. The molecule has 0 radical (unpaired) electrons. The maximum absolute atomic E-state index is 11.8. The predicted molar refractivity (Wildman–Crippen MR) is 69.4 cm³/mol. The second-order valence-corrected chi connectivity index (χ2v) is 4.32. The van der Waals surface area contributed by atoms with Crippen LogP contribution < -0.4 is 16.4 Å². The van der Waals surface area contributed by atoms with Crippen molar-refractivity contribution in [2.24, 2.45) is 5.73 Å². The zero-order valence-electron chi connectivity index (χ0n) is 10.2. The number of hydrogen-bond donors (Lipinski definition) is 3. The van der Waals surface area contributed by atoms with Crippen LogP contribution in [0.3, 0.4) is 0 Å². The Morgan fingerprint density at radius 2 is 2.22 bits per heavy atom. The molecule has 0 unspecified atom stereocenters. The number of aryl methyl sites for hydroxylation is 1. The molecule has 0 saturated carbocycles. The molecule has 0 fully saturated rings. The van der Waals surface area contributed by atoms with E-state index in [2.05, 4.69) is 10.6 Å². The molecule has 96 valence electrons. The summed E-state index contributed by atoms with van der Waals surface area (Å²) in [6, 6.07) is 5.35. The Morgan fingerprint density at radius 3 is 3.00 bits per heavy atom. The van der Waals surface area contributed by atoms with Crippen molar-refractivity contribution >= 4 is 17.5 Å². The van der Waals surface area contributed by atoms with Crippen molar-refractivity contribution < 1.29 is 9.59 Å². The lowest BCUT2D eigenvalue weighted by Crippen LogP contribution is -2.29. The van der Waals surface area contributed by atoms with E-state index in [9.17, 15) is 9.59 Å². The van der Waals surface area contributed by atoms with Crippen LogP contribution in [0.15, 0.2) is 18.2 Å². The fourth-order valence-corrected chi connectivity index (χ4v) is 2.00. The fraction of sp³-hybridized carbons (Fsp3) is 0.385. The number of benzene rings is 1. The number of rotatable bonds is 3. The minimum atomic E-state index is -0.126. The van der Waals surface area contributed by atoms with Crippen molar-refractivity contribution in [3.63, 3.8) is 0 Å². The van der Waals surface area contributed by atoms with Crippen LogP contribution in [0, 0.1) is 0 Å². The van der Waals surface area contributed by atoms with Crippen LogP contribution in [0.25, 0.3) is 0 Å². The lowest BCUT2D eigenvalue weighted by atomic mass is 10.0. The third kappa shape index (κ3) is 2.87. The zero-order valence-corrected chi connectivity index (χ0v) is 10.2. The van der Waals surface area contributed by atoms with Gasteiger partial charge in [0.1, 0.15) is 0 Å². The van der Waals surface area contributed by atoms with Gasteiger partial charge in [0.25, 0.3) is 5.91 Å². The number of amides is 2. The quantitative estimate of drug-likeness (QED) is 0.733. The van der Waals surface area contributed by atoms with E-state index < -0.39 is 0 Å². The maximum Gasteiger partial charge on any atom is 0.251 e. The highest BCUT2D eigenvalue weighted by molar-refractivity contribution is 5.97. The smallest absolute Gasteiger partial charge is 0.251 e. The molecule has 0 spiro atoms. The Balaban J connectivity index is 2.18. The van der Waals surface area contributed by atoms with Gasteiger partial charge in [-0.3, -0.25) is 9.59 Å². The van der Waals surface area contributed by atoms with Gasteiger partial charge in [0.2, 0.25) is 5.91 Å². The van der Waals surface area contributed by atoms with Crippen LogP contribution in [0.4, 0.5) is 5.69 Å². The number of fused-ring (bicyclic) bond motifs is 1.